The number of carbonyl (C=O) groups excluding carboxylic acids is 1. The molecule has 0 atom stereocenters. The second-order valence-electron chi connectivity index (χ2n) is 8.21. The van der Waals surface area contributed by atoms with Crippen molar-refractivity contribution in [3.05, 3.63) is 99.8 Å². The fraction of sp³-hybridized carbons (Fsp3) is 0.111. The van der Waals surface area contributed by atoms with E-state index < -0.39 is 11.4 Å². The number of nitrogens with one attached hydrogen (secondary N) is 1. The fourth-order valence-corrected chi connectivity index (χ4v) is 4.26. The van der Waals surface area contributed by atoms with Gasteiger partial charge in [0.1, 0.15) is 10.8 Å². The summed E-state index contributed by atoms with van der Waals surface area (Å²) in [5, 5.41) is 0.644. The maximum Gasteiger partial charge on any atom is 0.317 e. The number of nitrogens with zero attached hydrogens (tertiary/aromatic N) is 3. The molecule has 4 aromatic heterocycles. The Morgan fingerprint density at radius 2 is 1.86 bits per heavy atom. The van der Waals surface area contributed by atoms with Gasteiger partial charge >= 0.3 is 5.97 Å². The number of pyridine rings is 3. The average Bonchev–Trinajstić information content (AvgIpc) is 3.24. The maximum atomic E-state index is 13.3. The molecule has 35 heavy (non-hydrogen) atoms. The van der Waals surface area contributed by atoms with Crippen LogP contribution in [0.1, 0.15) is 11.4 Å². The van der Waals surface area contributed by atoms with E-state index in [0.717, 1.165) is 22.5 Å². The van der Waals surface area contributed by atoms with E-state index in [1.807, 2.05) is 73.3 Å². The number of hydrogen-bond acceptors (Lipinski definition) is 5. The zero-order chi connectivity index (χ0) is 24.5. The number of aromatic nitrogens is 4. The number of esters is 1. The highest BCUT2D eigenvalue weighted by molar-refractivity contribution is 6.29. The van der Waals surface area contributed by atoms with E-state index in [9.17, 15) is 9.59 Å². The van der Waals surface area contributed by atoms with Crippen molar-refractivity contribution in [3.8, 4) is 28.1 Å². The first-order valence-electron chi connectivity index (χ1n) is 11.0. The van der Waals surface area contributed by atoms with Crippen molar-refractivity contribution >= 4 is 28.6 Å². The molecule has 0 bridgehead atoms. The lowest BCUT2D eigenvalue weighted by atomic mass is 9.98. The first-order chi connectivity index (χ1) is 16.9. The molecular formula is C27H21ClN4O3. The van der Waals surface area contributed by atoms with Gasteiger partial charge in [0.25, 0.3) is 0 Å². The number of rotatable bonds is 5. The summed E-state index contributed by atoms with van der Waals surface area (Å²) in [6.07, 6.45) is 3.27. The van der Waals surface area contributed by atoms with Crippen LogP contribution in [0, 0.1) is 6.92 Å². The van der Waals surface area contributed by atoms with Crippen LogP contribution in [0.2, 0.25) is 5.15 Å². The monoisotopic (exact) mass is 484 g/mol. The van der Waals surface area contributed by atoms with Crippen molar-refractivity contribution in [1.82, 2.24) is 19.5 Å². The van der Waals surface area contributed by atoms with Gasteiger partial charge in [0.2, 0.25) is 5.43 Å². The van der Waals surface area contributed by atoms with Crippen molar-refractivity contribution in [1.29, 1.82) is 0 Å². The smallest absolute Gasteiger partial charge is 0.317 e. The molecular weight excluding hydrogens is 464 g/mol. The molecule has 1 aromatic carbocycles. The predicted molar refractivity (Wildman–Crippen MR) is 136 cm³/mol. The molecule has 0 amide bonds. The van der Waals surface area contributed by atoms with Crippen LogP contribution in [0.5, 0.6) is 5.75 Å². The molecule has 0 saturated carbocycles. The second-order valence-corrected chi connectivity index (χ2v) is 8.60. The predicted octanol–water partition coefficient (Wildman–Crippen LogP) is 5.10. The maximum absolute atomic E-state index is 13.3. The number of halogens is 1. The Hall–Kier alpha value is -4.23. The summed E-state index contributed by atoms with van der Waals surface area (Å²) < 4.78 is 7.25. The van der Waals surface area contributed by atoms with Crippen molar-refractivity contribution in [2.24, 2.45) is 7.05 Å². The molecule has 4 heterocycles. The summed E-state index contributed by atoms with van der Waals surface area (Å²) in [6, 6.07) is 18.7. The zero-order valence-electron chi connectivity index (χ0n) is 19.1. The van der Waals surface area contributed by atoms with E-state index in [0.29, 0.717) is 27.4 Å². The average molecular weight is 485 g/mol. The molecule has 7 nitrogen and oxygen atoms in total. The lowest BCUT2D eigenvalue weighted by molar-refractivity contribution is -0.133. The SMILES string of the molecule is Cc1cc(-c2cc3c(=O)c(OC(=O)Cc4cccn4C)c[nH]c3nc2-c2ccccc2)cc(Cl)n1. The van der Waals surface area contributed by atoms with Crippen LogP contribution < -0.4 is 10.2 Å². The lowest BCUT2D eigenvalue weighted by Crippen LogP contribution is -2.18. The highest BCUT2D eigenvalue weighted by atomic mass is 35.5. The van der Waals surface area contributed by atoms with Gasteiger partial charge in [-0.3, -0.25) is 9.59 Å². The fourth-order valence-electron chi connectivity index (χ4n) is 4.01. The topological polar surface area (TPSA) is 89.9 Å². The molecule has 0 spiro atoms. The number of fused-ring (bicyclic) bond motifs is 1. The van der Waals surface area contributed by atoms with Crippen LogP contribution in [-0.4, -0.2) is 25.5 Å². The Labute approximate surface area is 206 Å². The number of ether oxygens (including phenoxy) is 1. The van der Waals surface area contributed by atoms with Crippen molar-refractivity contribution in [2.45, 2.75) is 13.3 Å². The summed E-state index contributed by atoms with van der Waals surface area (Å²) in [4.78, 5) is 37.8. The third kappa shape index (κ3) is 4.58. The second kappa shape index (κ2) is 9.19. The Bertz CT molecular complexity index is 1600. The van der Waals surface area contributed by atoms with Crippen LogP contribution in [0.25, 0.3) is 33.4 Å². The Morgan fingerprint density at radius 1 is 1.06 bits per heavy atom. The van der Waals surface area contributed by atoms with Gasteiger partial charge in [0.05, 0.1) is 17.5 Å². The van der Waals surface area contributed by atoms with Crippen LogP contribution in [-0.2, 0) is 18.3 Å². The first-order valence-corrected chi connectivity index (χ1v) is 11.3. The van der Waals surface area contributed by atoms with E-state index >= 15 is 0 Å². The van der Waals surface area contributed by atoms with Crippen LogP contribution in [0.15, 0.2) is 77.9 Å². The normalized spacial score (nSPS) is 11.1. The highest BCUT2D eigenvalue weighted by Gasteiger charge is 2.18. The Kier molecular flexibility index (Phi) is 5.93. The molecule has 0 saturated heterocycles. The lowest BCUT2D eigenvalue weighted by Gasteiger charge is -2.13. The minimum absolute atomic E-state index is 0.0478. The van der Waals surface area contributed by atoms with Crippen LogP contribution in [0.3, 0.4) is 0 Å². The molecule has 0 aliphatic carbocycles. The van der Waals surface area contributed by atoms with Crippen molar-refractivity contribution < 1.29 is 9.53 Å². The van der Waals surface area contributed by atoms with Gasteiger partial charge in [-0.15, -0.1) is 0 Å². The molecule has 5 rings (SSSR count). The minimum Gasteiger partial charge on any atom is -0.420 e. The molecule has 0 radical (unpaired) electrons. The summed E-state index contributed by atoms with van der Waals surface area (Å²) in [5.41, 5.74) is 4.55. The molecule has 5 aromatic rings. The quantitative estimate of drug-likeness (QED) is 0.277. The van der Waals surface area contributed by atoms with Crippen molar-refractivity contribution in [3.63, 3.8) is 0 Å². The number of aromatic amines is 1. The first kappa shape index (κ1) is 22.6. The molecule has 0 fully saturated rings. The third-order valence-corrected chi connectivity index (χ3v) is 5.91. The Balaban J connectivity index is 1.62. The summed E-state index contributed by atoms with van der Waals surface area (Å²) in [6.45, 7) is 1.85. The summed E-state index contributed by atoms with van der Waals surface area (Å²) in [5.74, 6) is -0.608. The van der Waals surface area contributed by atoms with E-state index in [4.69, 9.17) is 21.3 Å². The van der Waals surface area contributed by atoms with E-state index in [1.54, 1.807) is 12.1 Å². The Morgan fingerprint density at radius 3 is 2.57 bits per heavy atom. The van der Waals surface area contributed by atoms with E-state index in [-0.39, 0.29) is 12.2 Å². The molecule has 1 N–H and O–H groups in total. The number of benzene rings is 1. The number of aryl methyl sites for hydroxylation is 2. The third-order valence-electron chi connectivity index (χ3n) is 5.71. The summed E-state index contributed by atoms with van der Waals surface area (Å²) >= 11 is 6.24. The van der Waals surface area contributed by atoms with Gasteiger partial charge in [-0.05, 0) is 42.8 Å². The highest BCUT2D eigenvalue weighted by Crippen LogP contribution is 2.33. The molecule has 8 heteroatoms. The summed E-state index contributed by atoms with van der Waals surface area (Å²) in [7, 11) is 1.84. The van der Waals surface area contributed by atoms with Gasteiger partial charge < -0.3 is 14.3 Å². The van der Waals surface area contributed by atoms with E-state index in [2.05, 4.69) is 9.97 Å². The molecule has 174 valence electrons. The number of hydrogen-bond donors (Lipinski definition) is 1. The van der Waals surface area contributed by atoms with E-state index in [1.165, 1.54) is 6.20 Å². The minimum atomic E-state index is -0.526. The zero-order valence-corrected chi connectivity index (χ0v) is 19.8. The van der Waals surface area contributed by atoms with Gasteiger partial charge in [-0.25, -0.2) is 9.97 Å². The number of H-pyrrole nitrogens is 1. The van der Waals surface area contributed by atoms with Gasteiger partial charge in [-0.1, -0.05) is 41.9 Å². The van der Waals surface area contributed by atoms with Crippen LogP contribution in [0.4, 0.5) is 0 Å². The van der Waals surface area contributed by atoms with Gasteiger partial charge in [0.15, 0.2) is 5.75 Å². The van der Waals surface area contributed by atoms with Crippen LogP contribution >= 0.6 is 11.6 Å². The van der Waals surface area contributed by atoms with Crippen molar-refractivity contribution in [2.75, 3.05) is 0 Å². The van der Waals surface area contributed by atoms with Gasteiger partial charge in [-0.2, -0.15) is 0 Å². The molecule has 0 aliphatic rings. The molecule has 0 aliphatic heterocycles. The largest absolute Gasteiger partial charge is 0.420 e. The number of carbonyl (C=O) groups is 1. The molecule has 0 unspecified atom stereocenters. The van der Waals surface area contributed by atoms with Gasteiger partial charge in [0, 0.05) is 42.0 Å². The standard InChI is InChI=1S/C27H21ClN4O3/c1-16-11-18(12-23(28)30-16)20-14-21-26(34)22(35-24(33)13-19-9-6-10-32(19)2)15-29-27(21)31-25(20)17-7-4-3-5-8-17/h3-12,14-15H,13H2,1-2H3,(H,29,31,34).